The molecule has 1 aromatic carbocycles. The zero-order chi connectivity index (χ0) is 15.4. The quantitative estimate of drug-likeness (QED) is 0.744. The molecule has 0 aliphatic heterocycles. The van der Waals surface area contributed by atoms with Gasteiger partial charge in [-0.3, -0.25) is 14.4 Å². The van der Waals surface area contributed by atoms with Gasteiger partial charge in [0, 0.05) is 35.1 Å². The molecule has 0 saturated heterocycles. The van der Waals surface area contributed by atoms with Crippen LogP contribution in [-0.2, 0) is 4.79 Å². The number of hydrogen-bond donors (Lipinski definition) is 0. The van der Waals surface area contributed by atoms with Crippen LogP contribution in [0.15, 0.2) is 35.4 Å². The molecule has 0 bridgehead atoms. The monoisotopic (exact) mass is 284 g/mol. The molecule has 0 aromatic heterocycles. The van der Waals surface area contributed by atoms with E-state index >= 15 is 0 Å². The molecule has 1 aliphatic rings. The number of benzene rings is 1. The number of hydrogen-bond acceptors (Lipinski definition) is 3. The third kappa shape index (κ3) is 3.18. The highest BCUT2D eigenvalue weighted by Gasteiger charge is 2.30. The first kappa shape index (κ1) is 15.4. The van der Waals surface area contributed by atoms with Gasteiger partial charge in [-0.05, 0) is 13.3 Å². The summed E-state index contributed by atoms with van der Waals surface area (Å²) in [5, 5.41) is 0. The number of carbonyl (C=O) groups excluding carboxylic acids is 3. The molecule has 1 aliphatic carbocycles. The van der Waals surface area contributed by atoms with Crippen molar-refractivity contribution in [2.75, 3.05) is 0 Å². The van der Waals surface area contributed by atoms with Crippen molar-refractivity contribution in [1.29, 1.82) is 0 Å². The number of ketones is 3. The van der Waals surface area contributed by atoms with Crippen molar-refractivity contribution in [2.24, 2.45) is 0 Å². The average Bonchev–Trinajstić information content (AvgIpc) is 2.49. The first-order valence-electron chi connectivity index (χ1n) is 7.46. The van der Waals surface area contributed by atoms with E-state index in [1.54, 1.807) is 31.2 Å². The fourth-order valence-electron chi connectivity index (χ4n) is 2.62. The van der Waals surface area contributed by atoms with E-state index in [-0.39, 0.29) is 23.8 Å². The maximum Gasteiger partial charge on any atom is 0.190 e. The van der Waals surface area contributed by atoms with Gasteiger partial charge < -0.3 is 0 Å². The maximum atomic E-state index is 12.5. The lowest BCUT2D eigenvalue weighted by Crippen LogP contribution is -2.22. The average molecular weight is 284 g/mol. The van der Waals surface area contributed by atoms with Gasteiger partial charge in [0.1, 0.15) is 5.78 Å². The molecule has 0 spiro atoms. The van der Waals surface area contributed by atoms with Gasteiger partial charge in [0.05, 0.1) is 0 Å². The summed E-state index contributed by atoms with van der Waals surface area (Å²) in [5.41, 5.74) is 1.66. The molecule has 0 atom stereocenters. The van der Waals surface area contributed by atoms with Gasteiger partial charge in [0.2, 0.25) is 0 Å². The molecule has 3 nitrogen and oxygen atoms in total. The van der Waals surface area contributed by atoms with Gasteiger partial charge in [-0.2, -0.15) is 0 Å². The van der Waals surface area contributed by atoms with Crippen LogP contribution in [-0.4, -0.2) is 17.3 Å². The molecule has 1 aromatic rings. The highest BCUT2D eigenvalue weighted by atomic mass is 16.1. The van der Waals surface area contributed by atoms with Crippen LogP contribution in [0.2, 0.25) is 0 Å². The Labute approximate surface area is 125 Å². The Morgan fingerprint density at radius 2 is 1.62 bits per heavy atom. The van der Waals surface area contributed by atoms with Gasteiger partial charge in [0.15, 0.2) is 11.6 Å². The molecule has 3 heteroatoms. The lowest BCUT2D eigenvalue weighted by molar-refractivity contribution is -0.118. The van der Waals surface area contributed by atoms with E-state index < -0.39 is 0 Å². The molecule has 0 heterocycles. The number of unbranched alkanes of at least 4 members (excludes halogenated alkanes) is 2. The second-order valence-electron chi connectivity index (χ2n) is 5.48. The lowest BCUT2D eigenvalue weighted by Gasteiger charge is -2.18. The Bertz CT molecular complexity index is 623. The van der Waals surface area contributed by atoms with Crippen molar-refractivity contribution >= 4 is 17.3 Å². The van der Waals surface area contributed by atoms with E-state index in [9.17, 15) is 14.4 Å². The fourth-order valence-corrected chi connectivity index (χ4v) is 2.62. The van der Waals surface area contributed by atoms with Crippen LogP contribution >= 0.6 is 0 Å². The van der Waals surface area contributed by atoms with E-state index in [0.717, 1.165) is 19.3 Å². The number of rotatable bonds is 6. The number of fused-ring (bicyclic) bond motifs is 1. The number of Topliss-reactive ketones (excluding diaryl/α,β-unsaturated/α-hetero) is 3. The topological polar surface area (TPSA) is 51.2 Å². The minimum absolute atomic E-state index is 0.0401. The van der Waals surface area contributed by atoms with Crippen LogP contribution in [0.4, 0.5) is 0 Å². The molecule has 0 amide bonds. The predicted octanol–water partition coefficient (Wildman–Crippen LogP) is 3.92. The van der Waals surface area contributed by atoms with Gasteiger partial charge in [0.25, 0.3) is 0 Å². The van der Waals surface area contributed by atoms with E-state index in [1.807, 2.05) is 0 Å². The molecule has 0 radical (unpaired) electrons. The van der Waals surface area contributed by atoms with Gasteiger partial charge in [-0.25, -0.2) is 0 Å². The van der Waals surface area contributed by atoms with Gasteiger partial charge in [-0.15, -0.1) is 0 Å². The SMILES string of the molecule is CCCCCC(=O)CC1=C(C)C(=O)c2ccccc2C1=O. The summed E-state index contributed by atoms with van der Waals surface area (Å²) < 4.78 is 0. The zero-order valence-electron chi connectivity index (χ0n) is 12.6. The minimum atomic E-state index is -0.174. The van der Waals surface area contributed by atoms with Crippen LogP contribution < -0.4 is 0 Å². The van der Waals surface area contributed by atoms with E-state index in [4.69, 9.17) is 0 Å². The Morgan fingerprint density at radius 3 is 2.24 bits per heavy atom. The Morgan fingerprint density at radius 1 is 1.00 bits per heavy atom. The summed E-state index contributed by atoms with van der Waals surface area (Å²) in [5.74, 6) is -0.272. The fraction of sp³-hybridized carbons (Fsp3) is 0.389. The highest BCUT2D eigenvalue weighted by molar-refractivity contribution is 6.27. The smallest absolute Gasteiger partial charge is 0.190 e. The first-order chi connectivity index (χ1) is 10.1. The summed E-state index contributed by atoms with van der Waals surface area (Å²) in [4.78, 5) is 36.8. The molecule has 2 rings (SSSR count). The largest absolute Gasteiger partial charge is 0.299 e. The van der Waals surface area contributed by atoms with Gasteiger partial charge >= 0.3 is 0 Å². The van der Waals surface area contributed by atoms with Crippen LogP contribution in [0.3, 0.4) is 0 Å². The molecule has 0 fully saturated rings. The third-order valence-corrected chi connectivity index (χ3v) is 3.92. The van der Waals surface area contributed by atoms with Crippen molar-refractivity contribution in [3.8, 4) is 0 Å². The summed E-state index contributed by atoms with van der Waals surface area (Å²) in [6.07, 6.45) is 3.47. The van der Waals surface area contributed by atoms with Crippen molar-refractivity contribution in [3.63, 3.8) is 0 Å². The first-order valence-corrected chi connectivity index (χ1v) is 7.46. The second kappa shape index (κ2) is 6.61. The normalized spacial score (nSPS) is 14.4. The lowest BCUT2D eigenvalue weighted by atomic mass is 9.82. The van der Waals surface area contributed by atoms with Crippen LogP contribution in [0.25, 0.3) is 0 Å². The van der Waals surface area contributed by atoms with Crippen molar-refractivity contribution in [3.05, 3.63) is 46.5 Å². The number of carbonyl (C=O) groups is 3. The molecule has 110 valence electrons. The molecule has 0 N–H and O–H groups in total. The van der Waals surface area contributed by atoms with E-state index in [2.05, 4.69) is 6.92 Å². The maximum absolute atomic E-state index is 12.5. The van der Waals surface area contributed by atoms with Crippen LogP contribution in [0, 0.1) is 0 Å². The van der Waals surface area contributed by atoms with E-state index in [0.29, 0.717) is 28.7 Å². The van der Waals surface area contributed by atoms with Crippen molar-refractivity contribution < 1.29 is 14.4 Å². The Balaban J connectivity index is 2.20. The number of allylic oxidation sites excluding steroid dienone is 2. The van der Waals surface area contributed by atoms with Gasteiger partial charge in [-0.1, -0.05) is 44.0 Å². The Hall–Kier alpha value is -2.03. The second-order valence-corrected chi connectivity index (χ2v) is 5.48. The summed E-state index contributed by atoms with van der Waals surface area (Å²) in [6, 6.07) is 6.81. The summed E-state index contributed by atoms with van der Waals surface area (Å²) >= 11 is 0. The predicted molar refractivity (Wildman–Crippen MR) is 81.6 cm³/mol. The Kier molecular flexibility index (Phi) is 4.84. The van der Waals surface area contributed by atoms with E-state index in [1.165, 1.54) is 0 Å². The molecular formula is C18H20O3. The van der Waals surface area contributed by atoms with Crippen LogP contribution in [0.1, 0.15) is 66.7 Å². The zero-order valence-corrected chi connectivity index (χ0v) is 12.6. The highest BCUT2D eigenvalue weighted by Crippen LogP contribution is 2.28. The molecular weight excluding hydrogens is 264 g/mol. The minimum Gasteiger partial charge on any atom is -0.299 e. The summed E-state index contributed by atoms with van der Waals surface area (Å²) in [7, 11) is 0. The van der Waals surface area contributed by atoms with Crippen molar-refractivity contribution in [2.45, 2.75) is 46.0 Å². The standard InChI is InChI=1S/C18H20O3/c1-3-4-5-8-13(19)11-16-12(2)17(20)14-9-6-7-10-15(14)18(16)21/h6-7,9-10H,3-5,8,11H2,1-2H3. The van der Waals surface area contributed by atoms with Crippen LogP contribution in [0.5, 0.6) is 0 Å². The molecule has 0 saturated carbocycles. The molecule has 0 unspecified atom stereocenters. The molecule has 21 heavy (non-hydrogen) atoms. The third-order valence-electron chi connectivity index (χ3n) is 3.92. The summed E-state index contributed by atoms with van der Waals surface area (Å²) in [6.45, 7) is 3.72. The van der Waals surface area contributed by atoms with Crippen molar-refractivity contribution in [1.82, 2.24) is 0 Å².